The van der Waals surface area contributed by atoms with E-state index in [0.717, 1.165) is 17.7 Å². The molecule has 1 heterocycles. The lowest BCUT2D eigenvalue weighted by atomic mass is 10.1. The molecule has 0 atom stereocenters. The highest BCUT2D eigenvalue weighted by molar-refractivity contribution is 5.92. The van der Waals surface area contributed by atoms with Crippen LogP contribution in [0.2, 0.25) is 0 Å². The van der Waals surface area contributed by atoms with Gasteiger partial charge < -0.3 is 15.6 Å². The summed E-state index contributed by atoms with van der Waals surface area (Å²) < 4.78 is 28.3. The molecular formula is C31H49F2N5O. The van der Waals surface area contributed by atoms with Gasteiger partial charge in [-0.15, -0.1) is 18.9 Å². The summed E-state index contributed by atoms with van der Waals surface area (Å²) in [5.74, 6) is -1.06. The van der Waals surface area contributed by atoms with E-state index in [-0.39, 0.29) is 13.1 Å². The van der Waals surface area contributed by atoms with Crippen molar-refractivity contribution in [2.24, 2.45) is 0 Å². The number of aromatic nitrogens is 2. The van der Waals surface area contributed by atoms with Gasteiger partial charge in [-0.05, 0) is 52.1 Å². The summed E-state index contributed by atoms with van der Waals surface area (Å²) >= 11 is 0. The van der Waals surface area contributed by atoms with E-state index in [0.29, 0.717) is 25.1 Å². The van der Waals surface area contributed by atoms with Crippen molar-refractivity contribution in [3.8, 4) is 12.3 Å². The zero-order valence-electron chi connectivity index (χ0n) is 24.7. The number of hydrogen-bond donors (Lipinski definition) is 3. The molecule has 8 heteroatoms. The van der Waals surface area contributed by atoms with Crippen molar-refractivity contribution in [1.29, 1.82) is 5.41 Å². The van der Waals surface area contributed by atoms with Crippen LogP contribution in [0.1, 0.15) is 70.8 Å². The third kappa shape index (κ3) is 23.3. The molecule has 0 aliphatic heterocycles. The minimum atomic E-state index is -2.88. The van der Waals surface area contributed by atoms with Crippen LogP contribution in [0.4, 0.5) is 8.78 Å². The van der Waals surface area contributed by atoms with Crippen LogP contribution in [0.15, 0.2) is 49.6 Å². The van der Waals surface area contributed by atoms with Crippen molar-refractivity contribution in [3.05, 3.63) is 66.6 Å². The van der Waals surface area contributed by atoms with Gasteiger partial charge >= 0.3 is 0 Å². The molecule has 6 nitrogen and oxygen atoms in total. The lowest BCUT2D eigenvalue weighted by Gasteiger charge is -2.23. The monoisotopic (exact) mass is 545 g/mol. The van der Waals surface area contributed by atoms with E-state index in [1.807, 2.05) is 52.0 Å². The van der Waals surface area contributed by atoms with E-state index in [9.17, 15) is 13.6 Å². The second-order valence-corrected chi connectivity index (χ2v) is 7.81. The average molecular weight is 546 g/mol. The molecule has 0 aliphatic rings. The molecule has 0 aromatic carbocycles. The maximum Gasteiger partial charge on any atom is 0.262 e. The molecule has 1 aromatic rings. The van der Waals surface area contributed by atoms with E-state index in [1.165, 1.54) is 12.3 Å². The molecule has 218 valence electrons. The van der Waals surface area contributed by atoms with Crippen LogP contribution in [-0.2, 0) is 11.2 Å². The lowest BCUT2D eigenvalue weighted by Crippen LogP contribution is -2.37. The van der Waals surface area contributed by atoms with Gasteiger partial charge in [-0.2, -0.15) is 5.10 Å². The molecule has 0 unspecified atom stereocenters. The van der Waals surface area contributed by atoms with E-state index >= 15 is 0 Å². The number of nitrogens with one attached hydrogen (secondary N) is 3. The molecule has 1 rings (SSSR count). The Morgan fingerprint density at radius 2 is 1.92 bits per heavy atom. The maximum atomic E-state index is 14.1. The topological polar surface area (TPSA) is 84.9 Å². The Hall–Kier alpha value is -3.57. The predicted octanol–water partition coefficient (Wildman–Crippen LogP) is 7.10. The Morgan fingerprint density at radius 3 is 2.44 bits per heavy atom. The third-order valence-electron chi connectivity index (χ3n) is 4.47. The second kappa shape index (κ2) is 27.5. The van der Waals surface area contributed by atoms with E-state index < -0.39 is 18.3 Å². The van der Waals surface area contributed by atoms with Gasteiger partial charge in [0.15, 0.2) is 0 Å². The average Bonchev–Trinajstić information content (AvgIpc) is 3.30. The summed E-state index contributed by atoms with van der Waals surface area (Å²) in [6.07, 6.45) is 21.5. The van der Waals surface area contributed by atoms with Gasteiger partial charge in [-0.3, -0.25) is 9.89 Å². The van der Waals surface area contributed by atoms with Crippen molar-refractivity contribution in [2.45, 2.75) is 66.2 Å². The van der Waals surface area contributed by atoms with Crippen LogP contribution in [-0.4, -0.2) is 59.8 Å². The predicted molar refractivity (Wildman–Crippen MR) is 165 cm³/mol. The minimum absolute atomic E-state index is 0.107. The number of amides is 1. The first-order valence-corrected chi connectivity index (χ1v) is 13.1. The number of H-pyrrole nitrogens is 1. The zero-order valence-corrected chi connectivity index (χ0v) is 24.7. The fourth-order valence-electron chi connectivity index (χ4n) is 2.76. The first kappa shape index (κ1) is 39.9. The van der Waals surface area contributed by atoms with Crippen LogP contribution in [0, 0.1) is 17.8 Å². The highest BCUT2D eigenvalue weighted by Crippen LogP contribution is 2.19. The summed E-state index contributed by atoms with van der Waals surface area (Å²) in [5, 5.41) is 15.8. The molecule has 3 N–H and O–H groups in total. The van der Waals surface area contributed by atoms with E-state index in [2.05, 4.69) is 41.0 Å². The second-order valence-electron chi connectivity index (χ2n) is 7.81. The van der Waals surface area contributed by atoms with Crippen molar-refractivity contribution in [3.63, 3.8) is 0 Å². The SMILES string of the molecule is C#CC.C=CCc1[nH]nc(C=C)c1/C=C/C(=O)NCCC(F)(F)CN(C)CC/C=C\C=C/C.CC.CCC=N. The summed E-state index contributed by atoms with van der Waals surface area (Å²) in [6, 6.07) is 0. The number of terminal acetylenes is 1. The fourth-order valence-corrected chi connectivity index (χ4v) is 2.76. The highest BCUT2D eigenvalue weighted by atomic mass is 19.3. The molecule has 1 aromatic heterocycles. The van der Waals surface area contributed by atoms with Crippen LogP contribution >= 0.6 is 0 Å². The minimum Gasteiger partial charge on any atom is -0.352 e. The summed E-state index contributed by atoms with van der Waals surface area (Å²) in [4.78, 5) is 13.6. The molecule has 0 bridgehead atoms. The number of alkyl halides is 2. The molecule has 0 radical (unpaired) electrons. The first-order chi connectivity index (χ1) is 18.7. The smallest absolute Gasteiger partial charge is 0.262 e. The van der Waals surface area contributed by atoms with Crippen LogP contribution < -0.4 is 5.32 Å². The summed E-state index contributed by atoms with van der Waals surface area (Å²) in [7, 11) is 1.67. The molecule has 0 saturated heterocycles. The molecule has 39 heavy (non-hydrogen) atoms. The van der Waals surface area contributed by atoms with Gasteiger partial charge in [-0.25, -0.2) is 8.78 Å². The fraction of sp³-hybridized carbons (Fsp3) is 0.452. The molecule has 1 amide bonds. The van der Waals surface area contributed by atoms with Gasteiger partial charge in [-0.1, -0.05) is 57.7 Å². The number of aromatic amines is 1. The van der Waals surface area contributed by atoms with Gasteiger partial charge in [0.05, 0.1) is 12.2 Å². The largest absolute Gasteiger partial charge is 0.352 e. The maximum absolute atomic E-state index is 14.1. The normalized spacial score (nSPS) is 10.6. The lowest BCUT2D eigenvalue weighted by molar-refractivity contribution is -0.116. The van der Waals surface area contributed by atoms with Gasteiger partial charge in [0.25, 0.3) is 5.92 Å². The number of allylic oxidation sites excluding steroid dienone is 4. The van der Waals surface area contributed by atoms with Gasteiger partial charge in [0.1, 0.15) is 0 Å². The molecular weight excluding hydrogens is 496 g/mol. The number of halogens is 2. The van der Waals surface area contributed by atoms with Crippen LogP contribution in [0.25, 0.3) is 12.2 Å². The number of carbonyl (C=O) groups is 1. The van der Waals surface area contributed by atoms with E-state index in [1.54, 1.807) is 37.1 Å². The Morgan fingerprint density at radius 1 is 1.31 bits per heavy atom. The molecule has 0 spiro atoms. The highest BCUT2D eigenvalue weighted by Gasteiger charge is 2.29. The van der Waals surface area contributed by atoms with Crippen molar-refractivity contribution >= 4 is 24.3 Å². The molecule has 0 saturated carbocycles. The zero-order chi connectivity index (χ0) is 30.5. The van der Waals surface area contributed by atoms with E-state index in [4.69, 9.17) is 5.41 Å². The number of hydrogen-bond acceptors (Lipinski definition) is 4. The number of rotatable bonds is 15. The molecule has 0 aliphatic carbocycles. The molecule has 0 fully saturated rings. The van der Waals surface area contributed by atoms with Gasteiger partial charge in [0, 0.05) is 43.3 Å². The summed E-state index contributed by atoms with van der Waals surface area (Å²) in [6.45, 7) is 17.0. The van der Waals surface area contributed by atoms with Crippen LogP contribution in [0.5, 0.6) is 0 Å². The van der Waals surface area contributed by atoms with Crippen molar-refractivity contribution in [1.82, 2.24) is 20.4 Å². The Balaban J connectivity index is -0.00000126. The number of carbonyl (C=O) groups excluding carboxylic acids is 1. The standard InChI is InChI=1S/C23H32F2N4O.C3H7N.C3H4.C2H6/c1-5-8-9-10-11-17-29(4)18-23(24,25)15-16-26-22(30)14-13-19-20(7-3)27-28-21(19)12-6-2;1-2-3-4;1-3-2;1-2/h5-10,13-14H,2-3,11-12,15-18H2,1,4H3,(H,26,30)(H,27,28);3-4H,2H2,1H3;1H,2H3;1-2H3/b8-5-,10-9-,14-13+;;;. The Labute approximate surface area is 235 Å². The third-order valence-corrected chi connectivity index (χ3v) is 4.47. The summed E-state index contributed by atoms with van der Waals surface area (Å²) in [5.41, 5.74) is 2.15. The van der Waals surface area contributed by atoms with Crippen molar-refractivity contribution in [2.75, 3.05) is 26.7 Å². The first-order valence-electron chi connectivity index (χ1n) is 13.1. The Bertz CT molecular complexity index is 924. The van der Waals surface area contributed by atoms with Crippen LogP contribution in [0.3, 0.4) is 0 Å². The quantitative estimate of drug-likeness (QED) is 0.0722. The number of nitrogens with zero attached hydrogens (tertiary/aromatic N) is 2. The Kier molecular flexibility index (Phi) is 28.1. The van der Waals surface area contributed by atoms with Crippen molar-refractivity contribution < 1.29 is 13.6 Å². The van der Waals surface area contributed by atoms with Gasteiger partial charge in [0.2, 0.25) is 5.91 Å².